The molecule has 0 fully saturated rings. The van der Waals surface area contributed by atoms with Gasteiger partial charge < -0.3 is 4.74 Å². The lowest BCUT2D eigenvalue weighted by Crippen LogP contribution is -1.97. The van der Waals surface area contributed by atoms with Crippen LogP contribution in [0.5, 0.6) is 11.5 Å². The highest BCUT2D eigenvalue weighted by Gasteiger charge is 2.21. The van der Waals surface area contributed by atoms with Crippen LogP contribution in [0.1, 0.15) is 0 Å². The van der Waals surface area contributed by atoms with Gasteiger partial charge >= 0.3 is 0 Å². The molecule has 0 aliphatic carbocycles. The molecule has 9 rings (SSSR count). The van der Waals surface area contributed by atoms with Crippen molar-refractivity contribution in [1.82, 2.24) is 0 Å². The van der Waals surface area contributed by atoms with Crippen molar-refractivity contribution in [2.24, 2.45) is 0 Å². The fraction of sp³-hybridized carbons (Fsp3) is 0. The Morgan fingerprint density at radius 3 is 1.68 bits per heavy atom. The Kier molecular flexibility index (Phi) is 4.67. The molecule has 0 saturated carbocycles. The number of hydrogen-bond donors (Lipinski definition) is 0. The molecule has 41 heavy (non-hydrogen) atoms. The van der Waals surface area contributed by atoms with Crippen LogP contribution in [-0.4, -0.2) is 0 Å². The summed E-state index contributed by atoms with van der Waals surface area (Å²) in [5.74, 6) is 1.83. The summed E-state index contributed by atoms with van der Waals surface area (Å²) < 4.78 is 6.41. The van der Waals surface area contributed by atoms with Crippen LogP contribution in [0, 0.1) is 0 Å². The Labute approximate surface area is 237 Å². The molecule has 1 heteroatoms. The van der Waals surface area contributed by atoms with Gasteiger partial charge in [0, 0.05) is 10.9 Å². The van der Waals surface area contributed by atoms with Crippen LogP contribution in [0.25, 0.3) is 76.5 Å². The first kappa shape index (κ1) is 22.4. The molecule has 0 bridgehead atoms. The van der Waals surface area contributed by atoms with E-state index in [0.717, 1.165) is 17.1 Å². The van der Waals surface area contributed by atoms with Crippen molar-refractivity contribution in [1.29, 1.82) is 0 Å². The third kappa shape index (κ3) is 3.30. The van der Waals surface area contributed by atoms with E-state index in [2.05, 4.69) is 146 Å². The summed E-state index contributed by atoms with van der Waals surface area (Å²) >= 11 is 0. The molecule has 0 saturated heterocycles. The molecule has 8 aromatic rings. The predicted molar refractivity (Wildman–Crippen MR) is 173 cm³/mol. The van der Waals surface area contributed by atoms with E-state index in [4.69, 9.17) is 4.74 Å². The molecule has 0 radical (unpaired) electrons. The monoisotopic (exact) mass is 520 g/mol. The zero-order chi connectivity index (χ0) is 26.9. The van der Waals surface area contributed by atoms with Crippen LogP contribution in [0.3, 0.4) is 0 Å². The second kappa shape index (κ2) is 8.55. The van der Waals surface area contributed by atoms with Crippen molar-refractivity contribution < 1.29 is 4.74 Å². The molecule has 8 aromatic carbocycles. The molecule has 1 aliphatic heterocycles. The number of hydrogen-bond acceptors (Lipinski definition) is 1. The van der Waals surface area contributed by atoms with Gasteiger partial charge in [0.05, 0.1) is 0 Å². The SMILES string of the molecule is c1ccc(-c2cc3cc(-c4ccc5c(c4)-c4cccc6cccc(c46)O5)c4ccccc4c3c3ccccc23)cc1. The van der Waals surface area contributed by atoms with Crippen LogP contribution < -0.4 is 4.74 Å². The second-order valence-corrected chi connectivity index (χ2v) is 10.9. The molecule has 190 valence electrons. The fourth-order valence-electron chi connectivity index (χ4n) is 6.81. The van der Waals surface area contributed by atoms with Crippen molar-refractivity contribution in [3.05, 3.63) is 146 Å². The minimum atomic E-state index is 0.905. The van der Waals surface area contributed by atoms with E-state index in [1.165, 1.54) is 70.9 Å². The van der Waals surface area contributed by atoms with Crippen molar-refractivity contribution in [2.45, 2.75) is 0 Å². The minimum Gasteiger partial charge on any atom is -0.456 e. The third-order valence-corrected chi connectivity index (χ3v) is 8.61. The molecule has 1 nitrogen and oxygen atoms in total. The summed E-state index contributed by atoms with van der Waals surface area (Å²) in [5, 5.41) is 10.0. The van der Waals surface area contributed by atoms with Gasteiger partial charge in [-0.3, -0.25) is 0 Å². The summed E-state index contributed by atoms with van der Waals surface area (Å²) in [6.45, 7) is 0. The zero-order valence-corrected chi connectivity index (χ0v) is 22.3. The molecule has 0 amide bonds. The Morgan fingerprint density at radius 1 is 0.317 bits per heavy atom. The number of rotatable bonds is 2. The zero-order valence-electron chi connectivity index (χ0n) is 22.3. The number of fused-ring (bicyclic) bond motifs is 7. The maximum atomic E-state index is 6.41. The standard InChI is InChI=1S/C40H24O/c1-2-10-25(11-3-1)34-23-28-24-35(30-15-5-7-17-32(30)39(28)31-16-6-4-14-29(31)34)27-20-21-37-36(22-27)33-18-8-12-26-13-9-19-38(41-37)40(26)33/h1-24H. The van der Waals surface area contributed by atoms with E-state index in [1.54, 1.807) is 0 Å². The van der Waals surface area contributed by atoms with Crippen molar-refractivity contribution >= 4 is 43.1 Å². The van der Waals surface area contributed by atoms with Crippen LogP contribution >= 0.6 is 0 Å². The lowest BCUT2D eigenvalue weighted by atomic mass is 9.86. The highest BCUT2D eigenvalue weighted by atomic mass is 16.5. The van der Waals surface area contributed by atoms with Crippen LogP contribution in [0.15, 0.2) is 146 Å². The molecule has 1 aliphatic rings. The van der Waals surface area contributed by atoms with Gasteiger partial charge in [0.1, 0.15) is 11.5 Å². The number of ether oxygens (including phenoxy) is 1. The van der Waals surface area contributed by atoms with Crippen LogP contribution in [0.2, 0.25) is 0 Å². The summed E-state index contributed by atoms with van der Waals surface area (Å²) in [6.07, 6.45) is 0. The lowest BCUT2D eigenvalue weighted by Gasteiger charge is -2.22. The molecular weight excluding hydrogens is 496 g/mol. The second-order valence-electron chi connectivity index (χ2n) is 10.9. The van der Waals surface area contributed by atoms with Gasteiger partial charge in [-0.1, -0.05) is 115 Å². The minimum absolute atomic E-state index is 0.905. The average Bonchev–Trinajstić information content (AvgIpc) is 3.04. The normalized spacial score (nSPS) is 12.1. The topological polar surface area (TPSA) is 9.23 Å². The predicted octanol–water partition coefficient (Wildman–Crippen LogP) is 11.4. The van der Waals surface area contributed by atoms with Gasteiger partial charge in [-0.05, 0) is 95.9 Å². The summed E-state index contributed by atoms with van der Waals surface area (Å²) in [5.41, 5.74) is 7.28. The summed E-state index contributed by atoms with van der Waals surface area (Å²) in [4.78, 5) is 0. The van der Waals surface area contributed by atoms with Crippen LogP contribution in [0.4, 0.5) is 0 Å². The maximum absolute atomic E-state index is 6.41. The first-order valence-corrected chi connectivity index (χ1v) is 14.1. The quantitative estimate of drug-likeness (QED) is 0.206. The van der Waals surface area contributed by atoms with Crippen molar-refractivity contribution in [2.75, 3.05) is 0 Å². The number of benzene rings is 8. The van der Waals surface area contributed by atoms with Gasteiger partial charge in [0.15, 0.2) is 0 Å². The van der Waals surface area contributed by atoms with Gasteiger partial charge in [0.25, 0.3) is 0 Å². The Balaban J connectivity index is 1.35. The lowest BCUT2D eigenvalue weighted by molar-refractivity contribution is 0.487. The van der Waals surface area contributed by atoms with Gasteiger partial charge in [0.2, 0.25) is 0 Å². The van der Waals surface area contributed by atoms with Crippen molar-refractivity contribution in [3.8, 4) is 44.9 Å². The molecule has 1 heterocycles. The van der Waals surface area contributed by atoms with Gasteiger partial charge in [-0.2, -0.15) is 0 Å². The Bertz CT molecular complexity index is 2320. The largest absolute Gasteiger partial charge is 0.456 e. The van der Waals surface area contributed by atoms with E-state index in [0.29, 0.717) is 0 Å². The smallest absolute Gasteiger partial charge is 0.135 e. The fourth-order valence-corrected chi connectivity index (χ4v) is 6.81. The highest BCUT2D eigenvalue weighted by molar-refractivity contribution is 6.25. The molecule has 0 N–H and O–H groups in total. The maximum Gasteiger partial charge on any atom is 0.135 e. The first-order valence-electron chi connectivity index (χ1n) is 14.1. The van der Waals surface area contributed by atoms with Crippen molar-refractivity contribution in [3.63, 3.8) is 0 Å². The third-order valence-electron chi connectivity index (χ3n) is 8.61. The van der Waals surface area contributed by atoms with Gasteiger partial charge in [-0.15, -0.1) is 0 Å². The van der Waals surface area contributed by atoms with Crippen LogP contribution in [-0.2, 0) is 0 Å². The summed E-state index contributed by atoms with van der Waals surface area (Å²) in [6, 6.07) is 52.6. The molecular formula is C40H24O. The van der Waals surface area contributed by atoms with Gasteiger partial charge in [-0.25, -0.2) is 0 Å². The van der Waals surface area contributed by atoms with E-state index < -0.39 is 0 Å². The Morgan fingerprint density at radius 2 is 0.951 bits per heavy atom. The van der Waals surface area contributed by atoms with E-state index in [1.807, 2.05) is 0 Å². The molecule has 0 spiro atoms. The Hall–Kier alpha value is -5.40. The van der Waals surface area contributed by atoms with E-state index >= 15 is 0 Å². The molecule has 0 unspecified atom stereocenters. The molecule has 0 aromatic heterocycles. The average molecular weight is 521 g/mol. The molecule has 0 atom stereocenters. The highest BCUT2D eigenvalue weighted by Crippen LogP contribution is 2.48. The summed E-state index contributed by atoms with van der Waals surface area (Å²) in [7, 11) is 0. The first-order chi connectivity index (χ1) is 20.3. The van der Waals surface area contributed by atoms with E-state index in [-0.39, 0.29) is 0 Å². The van der Waals surface area contributed by atoms with E-state index in [9.17, 15) is 0 Å².